The van der Waals surface area contributed by atoms with Crippen LogP contribution in [-0.4, -0.2) is 24.0 Å². The second kappa shape index (κ2) is 5.70. The number of alkyl halides is 1. The molecule has 0 fully saturated rings. The van der Waals surface area contributed by atoms with Gasteiger partial charge in [0.15, 0.2) is 11.6 Å². The molecular weight excluding hydrogens is 200 g/mol. The van der Waals surface area contributed by atoms with Crippen LogP contribution in [0.25, 0.3) is 0 Å². The maximum absolute atomic E-state index is 5.78. The summed E-state index contributed by atoms with van der Waals surface area (Å²) in [6.07, 6.45) is 2.69. The molecule has 14 heavy (non-hydrogen) atoms. The van der Waals surface area contributed by atoms with Gasteiger partial charge in [0, 0.05) is 18.1 Å². The fourth-order valence-electron chi connectivity index (χ4n) is 1.11. The van der Waals surface area contributed by atoms with Gasteiger partial charge in [-0.15, -0.1) is 11.6 Å². The zero-order valence-corrected chi connectivity index (χ0v) is 9.21. The van der Waals surface area contributed by atoms with E-state index < -0.39 is 0 Å². The summed E-state index contributed by atoms with van der Waals surface area (Å²) in [5.74, 6) is 2.06. The van der Waals surface area contributed by atoms with E-state index >= 15 is 0 Å². The summed E-state index contributed by atoms with van der Waals surface area (Å²) < 4.78 is 5.17. The van der Waals surface area contributed by atoms with E-state index in [0.717, 1.165) is 18.0 Å². The highest BCUT2D eigenvalue weighted by molar-refractivity contribution is 6.18. The molecule has 1 heterocycles. The van der Waals surface area contributed by atoms with Crippen LogP contribution in [-0.2, 0) is 0 Å². The number of halogens is 1. The van der Waals surface area contributed by atoms with Crippen molar-refractivity contribution >= 4 is 17.4 Å². The maximum atomic E-state index is 5.78. The molecule has 4 heteroatoms. The molecule has 1 unspecified atom stereocenters. The van der Waals surface area contributed by atoms with Gasteiger partial charge >= 0.3 is 0 Å². The Morgan fingerprint density at radius 2 is 2.43 bits per heavy atom. The SMILES string of the molecule is CCC(CCl)Nc1ncccc1OC. The molecule has 1 atom stereocenters. The Balaban J connectivity index is 2.74. The van der Waals surface area contributed by atoms with E-state index in [9.17, 15) is 0 Å². The predicted molar refractivity (Wildman–Crippen MR) is 59.2 cm³/mol. The fraction of sp³-hybridized carbons (Fsp3) is 0.500. The van der Waals surface area contributed by atoms with Gasteiger partial charge in [0.25, 0.3) is 0 Å². The van der Waals surface area contributed by atoms with Crippen LogP contribution >= 0.6 is 11.6 Å². The molecule has 0 saturated carbocycles. The van der Waals surface area contributed by atoms with Crippen molar-refractivity contribution in [3.63, 3.8) is 0 Å². The minimum atomic E-state index is 0.237. The average Bonchev–Trinajstić information content (AvgIpc) is 2.26. The van der Waals surface area contributed by atoms with E-state index in [2.05, 4.69) is 17.2 Å². The molecule has 0 aliphatic carbocycles. The summed E-state index contributed by atoms with van der Waals surface area (Å²) in [4.78, 5) is 4.19. The minimum absolute atomic E-state index is 0.237. The summed E-state index contributed by atoms with van der Waals surface area (Å²) in [7, 11) is 1.63. The van der Waals surface area contributed by atoms with Crippen molar-refractivity contribution in [3.05, 3.63) is 18.3 Å². The molecule has 1 N–H and O–H groups in total. The van der Waals surface area contributed by atoms with Gasteiger partial charge in [-0.25, -0.2) is 4.98 Å². The van der Waals surface area contributed by atoms with Crippen molar-refractivity contribution in [2.75, 3.05) is 18.3 Å². The highest BCUT2D eigenvalue weighted by Gasteiger charge is 2.08. The minimum Gasteiger partial charge on any atom is -0.493 e. The Kier molecular flexibility index (Phi) is 4.53. The number of aromatic nitrogens is 1. The topological polar surface area (TPSA) is 34.2 Å². The predicted octanol–water partition coefficient (Wildman–Crippen LogP) is 2.52. The number of nitrogens with one attached hydrogen (secondary N) is 1. The third-order valence-corrected chi connectivity index (χ3v) is 2.38. The second-order valence-electron chi connectivity index (χ2n) is 2.96. The Bertz CT molecular complexity index is 277. The molecule has 0 aliphatic rings. The van der Waals surface area contributed by atoms with Crippen molar-refractivity contribution in [3.8, 4) is 5.75 Å². The van der Waals surface area contributed by atoms with Gasteiger partial charge in [-0.05, 0) is 18.6 Å². The van der Waals surface area contributed by atoms with Gasteiger partial charge in [0.2, 0.25) is 0 Å². The first-order valence-corrected chi connectivity index (χ1v) is 5.16. The molecule has 78 valence electrons. The molecule has 0 bridgehead atoms. The summed E-state index contributed by atoms with van der Waals surface area (Å²) in [5, 5.41) is 3.23. The number of pyridine rings is 1. The van der Waals surface area contributed by atoms with Crippen LogP contribution < -0.4 is 10.1 Å². The van der Waals surface area contributed by atoms with E-state index in [-0.39, 0.29) is 6.04 Å². The lowest BCUT2D eigenvalue weighted by Crippen LogP contribution is -2.21. The highest BCUT2D eigenvalue weighted by Crippen LogP contribution is 2.21. The monoisotopic (exact) mass is 214 g/mol. The largest absolute Gasteiger partial charge is 0.493 e. The van der Waals surface area contributed by atoms with E-state index in [1.165, 1.54) is 0 Å². The number of rotatable bonds is 5. The maximum Gasteiger partial charge on any atom is 0.168 e. The normalized spacial score (nSPS) is 12.2. The van der Waals surface area contributed by atoms with Crippen LogP contribution in [0.4, 0.5) is 5.82 Å². The Morgan fingerprint density at radius 1 is 1.64 bits per heavy atom. The van der Waals surface area contributed by atoms with Crippen LogP contribution in [0.5, 0.6) is 5.75 Å². The third-order valence-electron chi connectivity index (χ3n) is 2.01. The van der Waals surface area contributed by atoms with Crippen LogP contribution in [0.2, 0.25) is 0 Å². The molecule has 0 aliphatic heterocycles. The van der Waals surface area contributed by atoms with E-state index in [1.807, 2.05) is 12.1 Å². The van der Waals surface area contributed by atoms with Crippen molar-refractivity contribution < 1.29 is 4.74 Å². The summed E-state index contributed by atoms with van der Waals surface area (Å²) >= 11 is 5.78. The first kappa shape index (κ1) is 11.1. The third kappa shape index (κ3) is 2.77. The molecule has 3 nitrogen and oxygen atoms in total. The highest BCUT2D eigenvalue weighted by atomic mass is 35.5. The number of nitrogens with zero attached hydrogens (tertiary/aromatic N) is 1. The lowest BCUT2D eigenvalue weighted by atomic mass is 10.2. The summed E-state index contributed by atoms with van der Waals surface area (Å²) in [5.41, 5.74) is 0. The van der Waals surface area contributed by atoms with Gasteiger partial charge in [-0.2, -0.15) is 0 Å². The summed E-state index contributed by atoms with van der Waals surface area (Å²) in [6, 6.07) is 3.95. The van der Waals surface area contributed by atoms with Crippen LogP contribution in [0.3, 0.4) is 0 Å². The molecule has 1 aromatic rings. The van der Waals surface area contributed by atoms with Crippen LogP contribution in [0, 0.1) is 0 Å². The molecule has 0 amide bonds. The lowest BCUT2D eigenvalue weighted by molar-refractivity contribution is 0.414. The smallest absolute Gasteiger partial charge is 0.168 e. The van der Waals surface area contributed by atoms with Gasteiger partial charge in [-0.3, -0.25) is 0 Å². The van der Waals surface area contributed by atoms with Crippen LogP contribution in [0.1, 0.15) is 13.3 Å². The van der Waals surface area contributed by atoms with E-state index in [4.69, 9.17) is 16.3 Å². The van der Waals surface area contributed by atoms with Gasteiger partial charge < -0.3 is 10.1 Å². The zero-order valence-electron chi connectivity index (χ0n) is 8.46. The molecule has 1 aromatic heterocycles. The zero-order chi connectivity index (χ0) is 10.4. The Morgan fingerprint density at radius 3 is 3.00 bits per heavy atom. The molecule has 0 aromatic carbocycles. The number of anilines is 1. The fourth-order valence-corrected chi connectivity index (χ4v) is 1.40. The van der Waals surface area contributed by atoms with Gasteiger partial charge in [0.1, 0.15) is 0 Å². The van der Waals surface area contributed by atoms with Gasteiger partial charge in [-0.1, -0.05) is 6.92 Å². The van der Waals surface area contributed by atoms with Gasteiger partial charge in [0.05, 0.1) is 7.11 Å². The quantitative estimate of drug-likeness (QED) is 0.765. The summed E-state index contributed by atoms with van der Waals surface area (Å²) in [6.45, 7) is 2.08. The number of methoxy groups -OCH3 is 1. The Hall–Kier alpha value is -0.960. The first-order chi connectivity index (χ1) is 6.81. The van der Waals surface area contributed by atoms with Crippen molar-refractivity contribution in [1.82, 2.24) is 4.98 Å². The second-order valence-corrected chi connectivity index (χ2v) is 3.27. The standard InChI is InChI=1S/C10H15ClN2O/c1-3-8(7-11)13-10-9(14-2)5-4-6-12-10/h4-6,8H,3,7H2,1-2H3,(H,12,13). The molecule has 0 saturated heterocycles. The molecular formula is C10H15ClN2O. The Labute approximate surface area is 89.4 Å². The first-order valence-electron chi connectivity index (χ1n) is 4.63. The number of hydrogen-bond donors (Lipinski definition) is 1. The molecule has 1 rings (SSSR count). The van der Waals surface area contributed by atoms with E-state index in [1.54, 1.807) is 13.3 Å². The molecule has 0 radical (unpaired) electrons. The van der Waals surface area contributed by atoms with Crippen molar-refractivity contribution in [1.29, 1.82) is 0 Å². The molecule has 0 spiro atoms. The van der Waals surface area contributed by atoms with Crippen molar-refractivity contribution in [2.24, 2.45) is 0 Å². The average molecular weight is 215 g/mol. The number of hydrogen-bond acceptors (Lipinski definition) is 3. The van der Waals surface area contributed by atoms with Crippen LogP contribution in [0.15, 0.2) is 18.3 Å². The lowest BCUT2D eigenvalue weighted by Gasteiger charge is -2.16. The van der Waals surface area contributed by atoms with Crippen molar-refractivity contribution in [2.45, 2.75) is 19.4 Å². The van der Waals surface area contributed by atoms with E-state index in [0.29, 0.717) is 5.88 Å². The number of ether oxygens (including phenoxy) is 1.